The van der Waals surface area contributed by atoms with Crippen LogP contribution in [0.2, 0.25) is 0 Å². The second-order valence-electron chi connectivity index (χ2n) is 6.89. The van der Waals surface area contributed by atoms with E-state index in [1.807, 2.05) is 0 Å². The molecule has 27 heavy (non-hydrogen) atoms. The van der Waals surface area contributed by atoms with Crippen molar-refractivity contribution in [2.75, 3.05) is 14.1 Å². The third kappa shape index (κ3) is 5.44. The summed E-state index contributed by atoms with van der Waals surface area (Å²) in [6, 6.07) is 2.32. The molecule has 1 saturated carbocycles. The van der Waals surface area contributed by atoms with Crippen molar-refractivity contribution in [2.45, 2.75) is 38.5 Å². The lowest BCUT2D eigenvalue weighted by molar-refractivity contribution is -0.0634. The predicted octanol–water partition coefficient (Wildman–Crippen LogP) is 5.40. The van der Waals surface area contributed by atoms with Crippen LogP contribution in [-0.2, 0) is 6.42 Å². The molecular weight excluding hydrogens is 356 g/mol. The van der Waals surface area contributed by atoms with E-state index < -0.39 is 23.5 Å². The average Bonchev–Trinajstić information content (AvgIpc) is 2.62. The normalized spacial score (nSPS) is 23.3. The summed E-state index contributed by atoms with van der Waals surface area (Å²) < 4.78 is 56.7. The Balaban J connectivity index is 2.27. The van der Waals surface area contributed by atoms with E-state index in [1.54, 1.807) is 27.1 Å². The fourth-order valence-corrected chi connectivity index (χ4v) is 3.74. The van der Waals surface area contributed by atoms with E-state index in [0.29, 0.717) is 0 Å². The highest BCUT2D eigenvalue weighted by Gasteiger charge is 2.42. The quantitative estimate of drug-likeness (QED) is 0.517. The van der Waals surface area contributed by atoms with Gasteiger partial charge in [0.25, 0.3) is 0 Å². The van der Waals surface area contributed by atoms with Crippen LogP contribution in [0.1, 0.15) is 37.3 Å². The molecule has 0 amide bonds. The number of halogens is 4. The number of benzene rings is 1. The van der Waals surface area contributed by atoms with Gasteiger partial charge in [0, 0.05) is 50.3 Å². The maximum absolute atomic E-state index is 14.5. The summed E-state index contributed by atoms with van der Waals surface area (Å²) in [5.41, 5.74) is 1.08. The summed E-state index contributed by atoms with van der Waals surface area (Å²) in [5, 5.41) is 2.98. The Labute approximate surface area is 158 Å². The molecule has 2 nitrogen and oxygen atoms in total. The number of hydrogen-bond donors (Lipinski definition) is 1. The van der Waals surface area contributed by atoms with Crippen LogP contribution >= 0.6 is 0 Å². The fraction of sp³-hybridized carbons (Fsp3) is 0.476. The van der Waals surface area contributed by atoms with Crippen molar-refractivity contribution < 1.29 is 17.6 Å². The third-order valence-electron chi connectivity index (χ3n) is 5.13. The molecule has 148 valence electrons. The summed E-state index contributed by atoms with van der Waals surface area (Å²) in [7, 11) is 3.28. The van der Waals surface area contributed by atoms with Gasteiger partial charge in [0.05, 0.1) is 0 Å². The zero-order chi connectivity index (χ0) is 20.0. The molecule has 1 aromatic rings. The zero-order valence-corrected chi connectivity index (χ0v) is 15.9. The van der Waals surface area contributed by atoms with Gasteiger partial charge in [0.2, 0.25) is 5.92 Å². The number of aliphatic imine (C=N–C) groups is 1. The van der Waals surface area contributed by atoms with Crippen molar-refractivity contribution in [3.63, 3.8) is 0 Å². The Morgan fingerprint density at radius 1 is 1.30 bits per heavy atom. The largest absolute Gasteiger partial charge is 0.391 e. The first kappa shape index (κ1) is 21.2. The number of nitrogens with zero attached hydrogens (tertiary/aromatic N) is 1. The molecule has 6 heteroatoms. The third-order valence-corrected chi connectivity index (χ3v) is 5.13. The van der Waals surface area contributed by atoms with E-state index in [9.17, 15) is 17.6 Å². The summed E-state index contributed by atoms with van der Waals surface area (Å²) in [4.78, 5) is 3.75. The smallest absolute Gasteiger partial charge is 0.248 e. The minimum atomic E-state index is -2.73. The van der Waals surface area contributed by atoms with Crippen LogP contribution < -0.4 is 5.32 Å². The Morgan fingerprint density at radius 3 is 2.67 bits per heavy atom. The maximum atomic E-state index is 14.5. The Morgan fingerprint density at radius 2 is 2.04 bits per heavy atom. The van der Waals surface area contributed by atoms with Crippen molar-refractivity contribution in [3.05, 3.63) is 52.7 Å². The molecular formula is C21H26F4N2. The van der Waals surface area contributed by atoms with E-state index in [2.05, 4.69) is 10.3 Å². The van der Waals surface area contributed by atoms with Gasteiger partial charge < -0.3 is 5.32 Å². The SMILES string of the molecule is C/C=C(\NC)C1CC(F)(F)CCC1Cc1cc(F)c(/C=C/C=N\C)cc1F. The highest BCUT2D eigenvalue weighted by molar-refractivity contribution is 5.78. The van der Waals surface area contributed by atoms with Crippen LogP contribution in [-0.4, -0.2) is 26.2 Å². The van der Waals surface area contributed by atoms with Crippen LogP contribution in [0.4, 0.5) is 17.6 Å². The second kappa shape index (κ2) is 9.20. The molecule has 0 aliphatic heterocycles. The molecule has 2 rings (SSSR count). The second-order valence-corrected chi connectivity index (χ2v) is 6.89. The molecule has 0 spiro atoms. The Hall–Kier alpha value is -2.11. The molecule has 0 bridgehead atoms. The lowest BCUT2D eigenvalue weighted by Gasteiger charge is -2.37. The van der Waals surface area contributed by atoms with Crippen LogP contribution in [0.5, 0.6) is 0 Å². The van der Waals surface area contributed by atoms with E-state index >= 15 is 0 Å². The number of alkyl halides is 2. The van der Waals surface area contributed by atoms with Crippen molar-refractivity contribution in [1.29, 1.82) is 0 Å². The first-order valence-corrected chi connectivity index (χ1v) is 9.09. The summed E-state index contributed by atoms with van der Waals surface area (Å²) in [5.74, 6) is -4.37. The van der Waals surface area contributed by atoms with Crippen LogP contribution in [0.15, 0.2) is 35.0 Å². The highest BCUT2D eigenvalue weighted by Crippen LogP contribution is 2.44. The van der Waals surface area contributed by atoms with Crippen molar-refractivity contribution in [1.82, 2.24) is 5.32 Å². The van der Waals surface area contributed by atoms with Gasteiger partial charge in [0.15, 0.2) is 0 Å². The van der Waals surface area contributed by atoms with E-state index in [4.69, 9.17) is 0 Å². The maximum Gasteiger partial charge on any atom is 0.248 e. The van der Waals surface area contributed by atoms with Gasteiger partial charge in [-0.05, 0) is 49.5 Å². The van der Waals surface area contributed by atoms with Crippen LogP contribution in [0, 0.1) is 23.5 Å². The number of allylic oxidation sites excluding steroid dienone is 3. The highest BCUT2D eigenvalue weighted by atomic mass is 19.3. The molecule has 0 radical (unpaired) electrons. The standard InChI is InChI=1S/C21H26F4N2/c1-4-20(27-3)17-13-21(24,25)8-7-14(17)10-16-12-18(22)15(11-19(16)23)6-5-9-26-2/h4-6,9,11-12,14,17,27H,7-8,10,13H2,1-3H3/b6-5+,20-4-,26-9-. The minimum absolute atomic E-state index is 0.132. The monoisotopic (exact) mass is 382 g/mol. The predicted molar refractivity (Wildman–Crippen MR) is 102 cm³/mol. The van der Waals surface area contributed by atoms with Gasteiger partial charge in [-0.2, -0.15) is 0 Å². The number of rotatable bonds is 6. The number of hydrogen-bond acceptors (Lipinski definition) is 2. The van der Waals surface area contributed by atoms with Crippen LogP contribution in [0.25, 0.3) is 6.08 Å². The van der Waals surface area contributed by atoms with Gasteiger partial charge in [0.1, 0.15) is 11.6 Å². The van der Waals surface area contributed by atoms with Gasteiger partial charge in [-0.15, -0.1) is 0 Å². The van der Waals surface area contributed by atoms with Crippen molar-refractivity contribution in [2.24, 2.45) is 16.8 Å². The average molecular weight is 382 g/mol. The topological polar surface area (TPSA) is 24.4 Å². The van der Waals surface area contributed by atoms with Crippen molar-refractivity contribution >= 4 is 12.3 Å². The molecule has 1 aliphatic rings. The lowest BCUT2D eigenvalue weighted by Crippen LogP contribution is -2.37. The molecule has 2 atom stereocenters. The first-order chi connectivity index (χ1) is 12.8. The fourth-order valence-electron chi connectivity index (χ4n) is 3.74. The molecule has 1 fully saturated rings. The summed E-state index contributed by atoms with van der Waals surface area (Å²) in [6.07, 6.45) is 6.22. The van der Waals surface area contributed by atoms with Gasteiger partial charge in [-0.3, -0.25) is 4.99 Å². The van der Waals surface area contributed by atoms with E-state index in [-0.39, 0.29) is 42.7 Å². The molecule has 2 unspecified atom stereocenters. The Kier molecular flexibility index (Phi) is 7.22. The first-order valence-electron chi connectivity index (χ1n) is 9.09. The summed E-state index contributed by atoms with van der Waals surface area (Å²) >= 11 is 0. The molecule has 1 aromatic carbocycles. The lowest BCUT2D eigenvalue weighted by atomic mass is 9.73. The van der Waals surface area contributed by atoms with Gasteiger partial charge in [-0.25, -0.2) is 17.6 Å². The van der Waals surface area contributed by atoms with Gasteiger partial charge >= 0.3 is 0 Å². The number of nitrogens with one attached hydrogen (secondary N) is 1. The summed E-state index contributed by atoms with van der Waals surface area (Å²) in [6.45, 7) is 1.79. The minimum Gasteiger partial charge on any atom is -0.391 e. The molecule has 0 heterocycles. The van der Waals surface area contributed by atoms with Gasteiger partial charge in [-0.1, -0.05) is 12.2 Å². The molecule has 1 N–H and O–H groups in total. The van der Waals surface area contributed by atoms with Crippen molar-refractivity contribution in [3.8, 4) is 0 Å². The Bertz CT molecular complexity index is 738. The molecule has 0 saturated heterocycles. The van der Waals surface area contributed by atoms with Crippen LogP contribution in [0.3, 0.4) is 0 Å². The van der Waals surface area contributed by atoms with E-state index in [0.717, 1.165) is 11.8 Å². The zero-order valence-electron chi connectivity index (χ0n) is 15.9. The van der Waals surface area contributed by atoms with E-state index in [1.165, 1.54) is 24.4 Å². The molecule has 0 aromatic heterocycles. The molecule has 1 aliphatic carbocycles.